The highest BCUT2D eigenvalue weighted by Crippen LogP contribution is 2.53. The molecule has 3 nitrogen and oxygen atoms in total. The summed E-state index contributed by atoms with van der Waals surface area (Å²) < 4.78 is 98.8. The molecule has 1 atom stereocenters. The van der Waals surface area contributed by atoms with E-state index in [1.165, 1.54) is 26.0 Å². The number of carbonyl (C=O) groups excluding carboxylic acids is 1. The van der Waals surface area contributed by atoms with E-state index in [0.717, 1.165) is 6.42 Å². The SMILES string of the molecule is Cc1cc(C(F)(C(F)(F)F)C(F)(F)F)cc(C)c1NC(=O)c1cccc(OC(C)CC(C)C)c1. The van der Waals surface area contributed by atoms with E-state index >= 15 is 0 Å². The minimum Gasteiger partial charge on any atom is -0.491 e. The lowest BCUT2D eigenvalue weighted by atomic mass is 9.90. The molecule has 0 aromatic heterocycles. The van der Waals surface area contributed by atoms with E-state index in [1.807, 2.05) is 20.8 Å². The summed E-state index contributed by atoms with van der Waals surface area (Å²) in [6.07, 6.45) is -11.8. The van der Waals surface area contributed by atoms with Crippen molar-refractivity contribution in [1.82, 2.24) is 0 Å². The minimum absolute atomic E-state index is 0.0139. The van der Waals surface area contributed by atoms with Gasteiger partial charge in [0.2, 0.25) is 0 Å². The van der Waals surface area contributed by atoms with Crippen LogP contribution in [0.5, 0.6) is 5.75 Å². The molecule has 0 fully saturated rings. The van der Waals surface area contributed by atoms with E-state index < -0.39 is 29.5 Å². The fourth-order valence-corrected chi connectivity index (χ4v) is 3.69. The molecular formula is C24H26F7NO2. The topological polar surface area (TPSA) is 38.3 Å². The standard InChI is InChI=1S/C24H26F7NO2/c1-13(2)9-16(5)34-19-8-6-7-17(12-19)21(33)32-20-14(3)10-18(11-15(20)4)22(25,23(26,27)28)24(29,30)31/h6-8,10-13,16H,9H2,1-5H3,(H,32,33). The third-order valence-corrected chi connectivity index (χ3v) is 5.19. The van der Waals surface area contributed by atoms with Crippen LogP contribution >= 0.6 is 0 Å². The number of alkyl halides is 7. The van der Waals surface area contributed by atoms with Gasteiger partial charge in [0, 0.05) is 16.8 Å². The van der Waals surface area contributed by atoms with Crippen molar-refractivity contribution in [3.8, 4) is 5.75 Å². The fourth-order valence-electron chi connectivity index (χ4n) is 3.69. The third-order valence-electron chi connectivity index (χ3n) is 5.19. The third kappa shape index (κ3) is 5.82. The molecule has 0 saturated carbocycles. The minimum atomic E-state index is -6.22. The molecule has 0 radical (unpaired) electrons. The van der Waals surface area contributed by atoms with Crippen LogP contribution in [0, 0.1) is 19.8 Å². The van der Waals surface area contributed by atoms with Gasteiger partial charge in [0.05, 0.1) is 6.10 Å². The number of anilines is 1. The number of hydrogen-bond donors (Lipinski definition) is 1. The number of hydrogen-bond acceptors (Lipinski definition) is 2. The van der Waals surface area contributed by atoms with Crippen molar-refractivity contribution in [2.75, 3.05) is 5.32 Å². The Kier molecular flexibility index (Phi) is 7.94. The van der Waals surface area contributed by atoms with Gasteiger partial charge in [-0.1, -0.05) is 32.0 Å². The van der Waals surface area contributed by atoms with Crippen LogP contribution in [0.2, 0.25) is 0 Å². The van der Waals surface area contributed by atoms with Crippen LogP contribution in [0.15, 0.2) is 36.4 Å². The number of ether oxygens (including phenoxy) is 1. The molecule has 188 valence electrons. The molecule has 0 saturated heterocycles. The number of halogens is 7. The number of benzene rings is 2. The van der Waals surface area contributed by atoms with Crippen LogP contribution in [-0.4, -0.2) is 24.4 Å². The molecule has 0 aliphatic carbocycles. The Morgan fingerprint density at radius 3 is 1.91 bits per heavy atom. The van der Waals surface area contributed by atoms with Crippen LogP contribution in [-0.2, 0) is 5.67 Å². The molecule has 0 aliphatic heterocycles. The molecule has 0 aliphatic rings. The summed E-state index contributed by atoms with van der Waals surface area (Å²) in [5, 5.41) is 2.48. The molecule has 2 aromatic carbocycles. The predicted molar refractivity (Wildman–Crippen MR) is 115 cm³/mol. The summed E-state index contributed by atoms with van der Waals surface area (Å²) in [4.78, 5) is 12.7. The Morgan fingerprint density at radius 2 is 1.44 bits per heavy atom. The van der Waals surface area contributed by atoms with E-state index in [-0.39, 0.29) is 28.5 Å². The lowest BCUT2D eigenvalue weighted by Crippen LogP contribution is -2.50. The highest BCUT2D eigenvalue weighted by molar-refractivity contribution is 6.05. The van der Waals surface area contributed by atoms with Crippen molar-refractivity contribution in [3.63, 3.8) is 0 Å². The maximum atomic E-state index is 14.4. The Balaban J connectivity index is 2.34. The van der Waals surface area contributed by atoms with Crippen molar-refractivity contribution in [1.29, 1.82) is 0 Å². The molecular weight excluding hydrogens is 467 g/mol. The summed E-state index contributed by atoms with van der Waals surface area (Å²) in [5.74, 6) is 0.175. The normalized spacial score (nSPS) is 13.7. The smallest absolute Gasteiger partial charge is 0.435 e. The summed E-state index contributed by atoms with van der Waals surface area (Å²) in [6, 6.07) is 7.08. The van der Waals surface area contributed by atoms with Gasteiger partial charge in [0.25, 0.3) is 5.91 Å². The Hall–Kier alpha value is -2.78. The quantitative estimate of drug-likeness (QED) is 0.402. The number of nitrogens with one attached hydrogen (secondary N) is 1. The molecule has 0 bridgehead atoms. The first kappa shape index (κ1) is 27.5. The van der Waals surface area contributed by atoms with Crippen LogP contribution in [0.4, 0.5) is 36.4 Å². The maximum absolute atomic E-state index is 14.4. The zero-order chi connectivity index (χ0) is 26.1. The van der Waals surface area contributed by atoms with Gasteiger partial charge in [-0.2, -0.15) is 26.3 Å². The molecule has 34 heavy (non-hydrogen) atoms. The summed E-state index contributed by atoms with van der Waals surface area (Å²) in [6.45, 7) is 8.33. The van der Waals surface area contributed by atoms with Crippen molar-refractivity contribution in [3.05, 3.63) is 58.7 Å². The zero-order valence-electron chi connectivity index (χ0n) is 19.3. The maximum Gasteiger partial charge on any atom is 0.435 e. The van der Waals surface area contributed by atoms with E-state index in [1.54, 1.807) is 12.1 Å². The molecule has 0 spiro atoms. The second-order valence-corrected chi connectivity index (χ2v) is 8.68. The van der Waals surface area contributed by atoms with Crippen LogP contribution in [0.1, 0.15) is 54.2 Å². The number of aryl methyl sites for hydroxylation is 2. The van der Waals surface area contributed by atoms with Crippen molar-refractivity contribution in [2.45, 2.75) is 65.2 Å². The number of rotatable bonds is 7. The van der Waals surface area contributed by atoms with Crippen molar-refractivity contribution >= 4 is 11.6 Å². The Morgan fingerprint density at radius 1 is 0.912 bits per heavy atom. The van der Waals surface area contributed by atoms with Crippen LogP contribution in [0.25, 0.3) is 0 Å². The van der Waals surface area contributed by atoms with Gasteiger partial charge >= 0.3 is 18.0 Å². The van der Waals surface area contributed by atoms with Crippen molar-refractivity contribution < 1.29 is 40.3 Å². The average Bonchev–Trinajstić information content (AvgIpc) is 2.67. The molecule has 2 aromatic rings. The Labute approximate surface area is 193 Å². The lowest BCUT2D eigenvalue weighted by Gasteiger charge is -2.31. The first-order valence-electron chi connectivity index (χ1n) is 10.5. The van der Waals surface area contributed by atoms with Crippen LogP contribution < -0.4 is 10.1 Å². The fraction of sp³-hybridized carbons (Fsp3) is 0.458. The zero-order valence-corrected chi connectivity index (χ0v) is 19.3. The number of carbonyl (C=O) groups is 1. The van der Waals surface area contributed by atoms with Crippen LogP contribution in [0.3, 0.4) is 0 Å². The highest BCUT2D eigenvalue weighted by atomic mass is 19.4. The first-order valence-corrected chi connectivity index (χ1v) is 10.5. The second kappa shape index (κ2) is 9.84. The predicted octanol–water partition coefficient (Wildman–Crippen LogP) is 7.66. The van der Waals surface area contributed by atoms with E-state index in [2.05, 4.69) is 5.32 Å². The van der Waals surface area contributed by atoms with Crippen molar-refractivity contribution in [2.24, 2.45) is 5.92 Å². The molecule has 0 heterocycles. The van der Waals surface area contributed by atoms with Gasteiger partial charge in [-0.3, -0.25) is 4.79 Å². The van der Waals surface area contributed by atoms with Gasteiger partial charge in [-0.15, -0.1) is 0 Å². The van der Waals surface area contributed by atoms with E-state index in [9.17, 15) is 35.5 Å². The highest BCUT2D eigenvalue weighted by Gasteiger charge is 2.73. The molecule has 1 amide bonds. The Bertz CT molecular complexity index is 992. The second-order valence-electron chi connectivity index (χ2n) is 8.68. The summed E-state index contributed by atoms with van der Waals surface area (Å²) >= 11 is 0. The largest absolute Gasteiger partial charge is 0.491 e. The van der Waals surface area contributed by atoms with Gasteiger partial charge < -0.3 is 10.1 Å². The van der Waals surface area contributed by atoms with Gasteiger partial charge in [0.15, 0.2) is 0 Å². The first-order chi connectivity index (χ1) is 15.5. The number of amides is 1. The van der Waals surface area contributed by atoms with Gasteiger partial charge in [-0.05, 0) is 62.4 Å². The van der Waals surface area contributed by atoms with E-state index in [0.29, 0.717) is 23.8 Å². The summed E-state index contributed by atoms with van der Waals surface area (Å²) in [7, 11) is 0. The van der Waals surface area contributed by atoms with E-state index in [4.69, 9.17) is 4.74 Å². The average molecular weight is 493 g/mol. The van der Waals surface area contributed by atoms with Gasteiger partial charge in [0.1, 0.15) is 5.75 Å². The molecule has 10 heteroatoms. The van der Waals surface area contributed by atoms with Gasteiger partial charge in [-0.25, -0.2) is 4.39 Å². The molecule has 1 N–H and O–H groups in total. The summed E-state index contributed by atoms with van der Waals surface area (Å²) in [5.41, 5.74) is -7.30. The lowest BCUT2D eigenvalue weighted by molar-refractivity contribution is -0.348. The monoisotopic (exact) mass is 493 g/mol. The molecule has 1 unspecified atom stereocenters. The molecule has 2 rings (SSSR count).